The Morgan fingerprint density at radius 3 is 2.76 bits per heavy atom. The molecule has 0 unspecified atom stereocenters. The summed E-state index contributed by atoms with van der Waals surface area (Å²) < 4.78 is 8.86. The van der Waals surface area contributed by atoms with Gasteiger partial charge in [-0.1, -0.05) is 23.5 Å². The zero-order chi connectivity index (χ0) is 17.8. The van der Waals surface area contributed by atoms with Crippen LogP contribution in [0.5, 0.6) is 5.75 Å². The molecule has 6 heteroatoms. The molecule has 1 heterocycles. The van der Waals surface area contributed by atoms with Crippen LogP contribution in [-0.4, -0.2) is 23.3 Å². The van der Waals surface area contributed by atoms with E-state index in [9.17, 15) is 4.79 Å². The van der Waals surface area contributed by atoms with Crippen molar-refractivity contribution in [1.82, 2.24) is 4.57 Å². The molecule has 0 aliphatic rings. The van der Waals surface area contributed by atoms with Crippen molar-refractivity contribution in [2.45, 2.75) is 25.3 Å². The molecule has 0 atom stereocenters. The van der Waals surface area contributed by atoms with Gasteiger partial charge >= 0.3 is 0 Å². The van der Waals surface area contributed by atoms with Crippen LogP contribution in [0.15, 0.2) is 52.4 Å². The third-order valence-electron chi connectivity index (χ3n) is 3.79. The molecule has 0 radical (unpaired) electrons. The van der Waals surface area contributed by atoms with Crippen LogP contribution in [0, 0.1) is 0 Å². The number of hydrogen-bond donors (Lipinski definition) is 0. The van der Waals surface area contributed by atoms with E-state index in [4.69, 9.17) is 4.74 Å². The van der Waals surface area contributed by atoms with E-state index in [0.29, 0.717) is 17.0 Å². The molecule has 0 fully saturated rings. The SMILES string of the molecule is CCOc1cccc2sc(=NC(=O)c3cccc(SC)c3)n(CC)c12. The fourth-order valence-electron chi connectivity index (χ4n) is 2.66. The topological polar surface area (TPSA) is 43.6 Å². The number of aryl methyl sites for hydroxylation is 1. The first-order valence-corrected chi connectivity index (χ1v) is 10.2. The normalized spacial score (nSPS) is 11.9. The minimum atomic E-state index is -0.220. The van der Waals surface area contributed by atoms with Crippen LogP contribution in [0.1, 0.15) is 24.2 Å². The Morgan fingerprint density at radius 2 is 2.04 bits per heavy atom. The van der Waals surface area contributed by atoms with E-state index in [2.05, 4.69) is 4.99 Å². The number of rotatable bonds is 5. The lowest BCUT2D eigenvalue weighted by atomic mass is 10.2. The Morgan fingerprint density at radius 1 is 1.24 bits per heavy atom. The van der Waals surface area contributed by atoms with E-state index in [1.807, 2.05) is 61.1 Å². The molecule has 4 nitrogen and oxygen atoms in total. The van der Waals surface area contributed by atoms with Crippen LogP contribution in [0.3, 0.4) is 0 Å². The predicted octanol–water partition coefficient (Wildman–Crippen LogP) is 4.58. The van der Waals surface area contributed by atoms with Crippen LogP contribution in [0.2, 0.25) is 0 Å². The lowest BCUT2D eigenvalue weighted by Gasteiger charge is -2.07. The van der Waals surface area contributed by atoms with Gasteiger partial charge in [0.1, 0.15) is 11.3 Å². The summed E-state index contributed by atoms with van der Waals surface area (Å²) >= 11 is 3.12. The maximum absolute atomic E-state index is 12.6. The molecule has 3 aromatic rings. The summed E-state index contributed by atoms with van der Waals surface area (Å²) in [5.74, 6) is 0.610. The number of carbonyl (C=O) groups excluding carboxylic acids is 1. The van der Waals surface area contributed by atoms with Gasteiger partial charge in [0, 0.05) is 17.0 Å². The monoisotopic (exact) mass is 372 g/mol. The Balaban J connectivity index is 2.12. The molecule has 25 heavy (non-hydrogen) atoms. The van der Waals surface area contributed by atoms with Crippen molar-refractivity contribution in [2.24, 2.45) is 4.99 Å². The van der Waals surface area contributed by atoms with E-state index in [0.717, 1.165) is 27.4 Å². The lowest BCUT2D eigenvalue weighted by Crippen LogP contribution is -2.16. The predicted molar refractivity (Wildman–Crippen MR) is 105 cm³/mol. The molecular weight excluding hydrogens is 352 g/mol. The van der Waals surface area contributed by atoms with Gasteiger partial charge in [0.2, 0.25) is 0 Å². The standard InChI is InChI=1S/C19H20N2O2S2/c1-4-21-17-15(23-5-2)10-7-11-16(17)25-19(21)20-18(22)13-8-6-9-14(12-13)24-3/h6-12H,4-5H2,1-3H3. The fourth-order valence-corrected chi connectivity index (χ4v) is 4.23. The molecule has 0 N–H and O–H groups in total. The molecule has 1 aromatic heterocycles. The van der Waals surface area contributed by atoms with Gasteiger partial charge in [0.15, 0.2) is 4.80 Å². The number of aromatic nitrogens is 1. The summed E-state index contributed by atoms with van der Waals surface area (Å²) in [6.07, 6.45) is 1.99. The quantitative estimate of drug-likeness (QED) is 0.616. The highest BCUT2D eigenvalue weighted by molar-refractivity contribution is 7.98. The molecule has 0 aliphatic carbocycles. The largest absolute Gasteiger partial charge is 0.492 e. The molecule has 0 aliphatic heterocycles. The molecule has 1 amide bonds. The van der Waals surface area contributed by atoms with Gasteiger partial charge in [0.25, 0.3) is 5.91 Å². The van der Waals surface area contributed by atoms with E-state index >= 15 is 0 Å². The number of thiazole rings is 1. The van der Waals surface area contributed by atoms with Crippen LogP contribution in [-0.2, 0) is 6.54 Å². The van der Waals surface area contributed by atoms with Gasteiger partial charge < -0.3 is 9.30 Å². The average molecular weight is 373 g/mol. The number of benzene rings is 2. The molecule has 0 saturated heterocycles. The Bertz CT molecular complexity index is 973. The maximum Gasteiger partial charge on any atom is 0.279 e. The Labute approximate surface area is 155 Å². The van der Waals surface area contributed by atoms with Crippen molar-refractivity contribution in [3.63, 3.8) is 0 Å². The van der Waals surface area contributed by atoms with E-state index in [-0.39, 0.29) is 5.91 Å². The highest BCUT2D eigenvalue weighted by Gasteiger charge is 2.12. The second-order valence-electron chi connectivity index (χ2n) is 5.31. The highest BCUT2D eigenvalue weighted by Crippen LogP contribution is 2.27. The number of carbonyl (C=O) groups is 1. The number of fused-ring (bicyclic) bond motifs is 1. The van der Waals surface area contributed by atoms with Gasteiger partial charge in [-0.3, -0.25) is 4.79 Å². The third kappa shape index (κ3) is 3.65. The molecular formula is C19H20N2O2S2. The first-order valence-electron chi connectivity index (χ1n) is 8.16. The van der Waals surface area contributed by atoms with Crippen LogP contribution in [0.25, 0.3) is 10.2 Å². The molecule has 0 saturated carbocycles. The Hall–Kier alpha value is -2.05. The second-order valence-corrected chi connectivity index (χ2v) is 7.20. The zero-order valence-corrected chi connectivity index (χ0v) is 16.1. The summed E-state index contributed by atoms with van der Waals surface area (Å²) in [7, 11) is 0. The first-order chi connectivity index (χ1) is 12.2. The van der Waals surface area contributed by atoms with Crippen LogP contribution >= 0.6 is 23.1 Å². The first kappa shape index (κ1) is 17.8. The molecule has 2 aromatic carbocycles. The fraction of sp³-hybridized carbons (Fsp3) is 0.263. The Kier molecular flexibility index (Phi) is 5.60. The van der Waals surface area contributed by atoms with Gasteiger partial charge in [0.05, 0.1) is 11.3 Å². The maximum atomic E-state index is 12.6. The third-order valence-corrected chi connectivity index (χ3v) is 5.56. The average Bonchev–Trinajstić information content (AvgIpc) is 3.00. The van der Waals surface area contributed by atoms with E-state index < -0.39 is 0 Å². The molecule has 0 bridgehead atoms. The zero-order valence-electron chi connectivity index (χ0n) is 14.5. The van der Waals surface area contributed by atoms with Crippen molar-refractivity contribution < 1.29 is 9.53 Å². The van der Waals surface area contributed by atoms with Crippen molar-refractivity contribution in [3.8, 4) is 5.75 Å². The minimum Gasteiger partial charge on any atom is -0.492 e. The molecule has 3 rings (SSSR count). The summed E-state index contributed by atoms with van der Waals surface area (Å²) in [5.41, 5.74) is 1.61. The summed E-state index contributed by atoms with van der Waals surface area (Å²) in [4.78, 5) is 18.8. The second kappa shape index (κ2) is 7.89. The number of ether oxygens (including phenoxy) is 1. The van der Waals surface area contributed by atoms with E-state index in [1.165, 1.54) is 11.3 Å². The summed E-state index contributed by atoms with van der Waals surface area (Å²) in [6.45, 7) is 5.34. The smallest absolute Gasteiger partial charge is 0.279 e. The number of hydrogen-bond acceptors (Lipinski definition) is 4. The van der Waals surface area contributed by atoms with Crippen molar-refractivity contribution in [2.75, 3.05) is 12.9 Å². The molecule has 130 valence electrons. The lowest BCUT2D eigenvalue weighted by molar-refractivity contribution is 0.0997. The number of nitrogens with zero attached hydrogens (tertiary/aromatic N) is 2. The minimum absolute atomic E-state index is 0.220. The van der Waals surface area contributed by atoms with Crippen molar-refractivity contribution in [3.05, 3.63) is 52.8 Å². The van der Waals surface area contributed by atoms with Gasteiger partial charge in [-0.15, -0.1) is 11.8 Å². The summed E-state index contributed by atoms with van der Waals surface area (Å²) in [6, 6.07) is 13.5. The van der Waals surface area contributed by atoms with Gasteiger partial charge in [-0.05, 0) is 50.4 Å². The molecule has 0 spiro atoms. The van der Waals surface area contributed by atoms with Crippen LogP contribution in [0.4, 0.5) is 0 Å². The number of thioether (sulfide) groups is 1. The number of para-hydroxylation sites is 1. The van der Waals surface area contributed by atoms with E-state index in [1.54, 1.807) is 17.8 Å². The van der Waals surface area contributed by atoms with Crippen molar-refractivity contribution >= 4 is 39.2 Å². The number of amides is 1. The van der Waals surface area contributed by atoms with Gasteiger partial charge in [-0.25, -0.2) is 0 Å². The van der Waals surface area contributed by atoms with Crippen LogP contribution < -0.4 is 9.54 Å². The summed E-state index contributed by atoms with van der Waals surface area (Å²) in [5, 5.41) is 0. The van der Waals surface area contributed by atoms with Gasteiger partial charge in [-0.2, -0.15) is 4.99 Å². The highest BCUT2D eigenvalue weighted by atomic mass is 32.2. The van der Waals surface area contributed by atoms with Crippen molar-refractivity contribution in [1.29, 1.82) is 0 Å².